The maximum absolute atomic E-state index is 5.31. The summed E-state index contributed by atoms with van der Waals surface area (Å²) >= 11 is 0. The van der Waals surface area contributed by atoms with Gasteiger partial charge in [0.2, 0.25) is 0 Å². The van der Waals surface area contributed by atoms with Gasteiger partial charge >= 0.3 is 0 Å². The highest BCUT2D eigenvalue weighted by atomic mass is 16.5. The van der Waals surface area contributed by atoms with Crippen LogP contribution in [0.1, 0.15) is 11.4 Å². The molecule has 3 aromatic rings. The van der Waals surface area contributed by atoms with Crippen LogP contribution in [0.25, 0.3) is 16.9 Å². The third-order valence-corrected chi connectivity index (χ3v) is 3.38. The van der Waals surface area contributed by atoms with Crippen LogP contribution in [0.15, 0.2) is 30.3 Å². The quantitative estimate of drug-likeness (QED) is 0.741. The molecule has 0 unspecified atom stereocenters. The van der Waals surface area contributed by atoms with Crippen LogP contribution in [-0.4, -0.2) is 28.8 Å². The molecule has 0 fully saturated rings. The second-order valence-electron chi connectivity index (χ2n) is 4.94. The lowest BCUT2D eigenvalue weighted by Gasteiger charge is -2.06. The Labute approximate surface area is 123 Å². The Morgan fingerprint density at radius 1 is 0.905 bits per heavy atom. The number of nitrogens with zero attached hydrogens (tertiary/aromatic N) is 3. The molecular formula is C16H17N3O2. The topological polar surface area (TPSA) is 48.7 Å². The van der Waals surface area contributed by atoms with Crippen molar-refractivity contribution in [2.24, 2.45) is 0 Å². The van der Waals surface area contributed by atoms with E-state index in [9.17, 15) is 0 Å². The summed E-state index contributed by atoms with van der Waals surface area (Å²) in [6, 6.07) is 9.69. The van der Waals surface area contributed by atoms with E-state index in [1.807, 2.05) is 48.7 Å². The van der Waals surface area contributed by atoms with Crippen LogP contribution in [0.3, 0.4) is 0 Å². The van der Waals surface area contributed by atoms with Gasteiger partial charge in [0.05, 0.1) is 19.9 Å². The minimum Gasteiger partial charge on any atom is -0.497 e. The zero-order valence-electron chi connectivity index (χ0n) is 12.5. The van der Waals surface area contributed by atoms with E-state index in [2.05, 4.69) is 10.1 Å². The van der Waals surface area contributed by atoms with Gasteiger partial charge in [-0.15, -0.1) is 0 Å². The van der Waals surface area contributed by atoms with E-state index in [0.717, 1.165) is 39.8 Å². The lowest BCUT2D eigenvalue weighted by atomic mass is 10.1. The van der Waals surface area contributed by atoms with Crippen LogP contribution in [-0.2, 0) is 0 Å². The van der Waals surface area contributed by atoms with Gasteiger partial charge in [-0.1, -0.05) is 0 Å². The maximum atomic E-state index is 5.31. The Morgan fingerprint density at radius 2 is 1.57 bits per heavy atom. The van der Waals surface area contributed by atoms with Gasteiger partial charge in [-0.3, -0.25) is 0 Å². The molecule has 2 heterocycles. The Kier molecular flexibility index (Phi) is 3.25. The molecule has 0 aliphatic carbocycles. The van der Waals surface area contributed by atoms with Crippen molar-refractivity contribution in [3.63, 3.8) is 0 Å². The molecule has 0 saturated carbocycles. The third-order valence-electron chi connectivity index (χ3n) is 3.38. The molecule has 0 saturated heterocycles. The van der Waals surface area contributed by atoms with Gasteiger partial charge in [0.25, 0.3) is 0 Å². The van der Waals surface area contributed by atoms with E-state index in [4.69, 9.17) is 9.47 Å². The van der Waals surface area contributed by atoms with Crippen LogP contribution in [0.2, 0.25) is 0 Å². The Morgan fingerprint density at radius 3 is 2.19 bits per heavy atom. The van der Waals surface area contributed by atoms with Gasteiger partial charge in [-0.2, -0.15) is 5.10 Å². The van der Waals surface area contributed by atoms with Gasteiger partial charge in [-0.05, 0) is 32.0 Å². The van der Waals surface area contributed by atoms with E-state index in [1.54, 1.807) is 14.2 Å². The van der Waals surface area contributed by atoms with E-state index < -0.39 is 0 Å². The van der Waals surface area contributed by atoms with Crippen LogP contribution in [0, 0.1) is 13.8 Å². The van der Waals surface area contributed by atoms with Crippen LogP contribution < -0.4 is 9.47 Å². The molecule has 0 aliphatic heterocycles. The molecule has 0 amide bonds. The summed E-state index contributed by atoms with van der Waals surface area (Å²) < 4.78 is 12.5. The number of aromatic nitrogens is 3. The minimum atomic E-state index is 0.738. The Hall–Kier alpha value is -2.56. The number of aryl methyl sites for hydroxylation is 2. The van der Waals surface area contributed by atoms with Gasteiger partial charge < -0.3 is 9.47 Å². The summed E-state index contributed by atoms with van der Waals surface area (Å²) in [5, 5.41) is 4.62. The first kappa shape index (κ1) is 13.4. The predicted octanol–water partition coefficient (Wildman–Crippen LogP) is 3.03. The van der Waals surface area contributed by atoms with E-state index in [-0.39, 0.29) is 0 Å². The molecule has 108 valence electrons. The second-order valence-corrected chi connectivity index (χ2v) is 4.94. The molecule has 0 atom stereocenters. The summed E-state index contributed by atoms with van der Waals surface area (Å²) in [4.78, 5) is 4.51. The van der Waals surface area contributed by atoms with Gasteiger partial charge in [0.1, 0.15) is 11.5 Å². The number of rotatable bonds is 3. The summed E-state index contributed by atoms with van der Waals surface area (Å²) in [7, 11) is 3.27. The molecule has 5 heteroatoms. The Balaban J connectivity index is 2.18. The van der Waals surface area contributed by atoms with Gasteiger partial charge in [0.15, 0.2) is 5.65 Å². The lowest BCUT2D eigenvalue weighted by molar-refractivity contribution is 0.394. The summed E-state index contributed by atoms with van der Waals surface area (Å²) in [6.45, 7) is 4.00. The number of hydrogen-bond donors (Lipinski definition) is 0. The molecule has 5 nitrogen and oxygen atoms in total. The van der Waals surface area contributed by atoms with Crippen molar-refractivity contribution in [3.8, 4) is 22.8 Å². The smallest absolute Gasteiger partial charge is 0.156 e. The molecule has 0 aliphatic rings. The number of hydrogen-bond acceptors (Lipinski definition) is 4. The standard InChI is InChI=1S/C16H17N3O2/c1-10-5-11(2)19-16(17-10)9-15(18-19)12-6-13(20-3)8-14(7-12)21-4/h5-9H,1-4H3. The van der Waals surface area contributed by atoms with E-state index in [1.165, 1.54) is 0 Å². The molecule has 3 rings (SSSR count). The van der Waals surface area contributed by atoms with Crippen molar-refractivity contribution in [2.45, 2.75) is 13.8 Å². The highest BCUT2D eigenvalue weighted by Gasteiger charge is 2.10. The van der Waals surface area contributed by atoms with E-state index in [0.29, 0.717) is 0 Å². The number of fused-ring (bicyclic) bond motifs is 1. The van der Waals surface area contributed by atoms with Crippen molar-refractivity contribution in [1.82, 2.24) is 14.6 Å². The van der Waals surface area contributed by atoms with Gasteiger partial charge in [0, 0.05) is 29.1 Å². The van der Waals surface area contributed by atoms with Crippen molar-refractivity contribution < 1.29 is 9.47 Å². The molecule has 0 bridgehead atoms. The molecule has 21 heavy (non-hydrogen) atoms. The van der Waals surface area contributed by atoms with Crippen LogP contribution in [0.4, 0.5) is 0 Å². The normalized spacial score (nSPS) is 10.9. The number of benzene rings is 1. The van der Waals surface area contributed by atoms with Crippen LogP contribution >= 0.6 is 0 Å². The van der Waals surface area contributed by atoms with Crippen molar-refractivity contribution in [1.29, 1.82) is 0 Å². The zero-order chi connectivity index (χ0) is 15.0. The molecular weight excluding hydrogens is 266 g/mol. The fourth-order valence-electron chi connectivity index (χ4n) is 2.38. The summed E-state index contributed by atoms with van der Waals surface area (Å²) in [6.07, 6.45) is 0. The van der Waals surface area contributed by atoms with E-state index >= 15 is 0 Å². The molecule has 0 radical (unpaired) electrons. The number of ether oxygens (including phenoxy) is 2. The highest BCUT2D eigenvalue weighted by Crippen LogP contribution is 2.29. The Bertz CT molecular complexity index is 786. The molecule has 0 spiro atoms. The fraction of sp³-hybridized carbons (Fsp3) is 0.250. The molecule has 2 aromatic heterocycles. The first-order valence-corrected chi connectivity index (χ1v) is 6.68. The minimum absolute atomic E-state index is 0.738. The van der Waals surface area contributed by atoms with Crippen molar-refractivity contribution in [3.05, 3.63) is 41.7 Å². The second kappa shape index (κ2) is 5.09. The summed E-state index contributed by atoms with van der Waals surface area (Å²) in [5.74, 6) is 1.48. The predicted molar refractivity (Wildman–Crippen MR) is 81.0 cm³/mol. The first-order valence-electron chi connectivity index (χ1n) is 6.68. The fourth-order valence-corrected chi connectivity index (χ4v) is 2.38. The SMILES string of the molecule is COc1cc(OC)cc(-c2cc3nc(C)cc(C)n3n2)c1. The van der Waals surface area contributed by atoms with Crippen LogP contribution in [0.5, 0.6) is 11.5 Å². The molecule has 0 N–H and O–H groups in total. The van der Waals surface area contributed by atoms with Crippen molar-refractivity contribution in [2.75, 3.05) is 14.2 Å². The average Bonchev–Trinajstić information content (AvgIpc) is 2.91. The summed E-state index contributed by atoms with van der Waals surface area (Å²) in [5.41, 5.74) is 4.65. The largest absolute Gasteiger partial charge is 0.497 e. The zero-order valence-corrected chi connectivity index (χ0v) is 12.5. The van der Waals surface area contributed by atoms with Crippen molar-refractivity contribution >= 4 is 5.65 Å². The monoisotopic (exact) mass is 283 g/mol. The third kappa shape index (κ3) is 2.42. The molecule has 1 aromatic carbocycles. The average molecular weight is 283 g/mol. The first-order chi connectivity index (χ1) is 10.1. The lowest BCUT2D eigenvalue weighted by Crippen LogP contribution is -1.97. The van der Waals surface area contributed by atoms with Gasteiger partial charge in [-0.25, -0.2) is 9.50 Å². The highest BCUT2D eigenvalue weighted by molar-refractivity contribution is 5.67. The number of methoxy groups -OCH3 is 2. The maximum Gasteiger partial charge on any atom is 0.156 e.